The van der Waals surface area contributed by atoms with Crippen LogP contribution < -0.4 is 10.1 Å². The number of rotatable bonds is 7. The van der Waals surface area contributed by atoms with Crippen LogP contribution in [0.25, 0.3) is 0 Å². The predicted molar refractivity (Wildman–Crippen MR) is 126 cm³/mol. The maximum atomic E-state index is 13.7. The number of fused-ring (bicyclic) bond motifs is 1. The Bertz CT molecular complexity index is 1120. The molecule has 0 saturated heterocycles. The molecule has 0 radical (unpaired) electrons. The molecule has 1 aromatic heterocycles. The zero-order chi connectivity index (χ0) is 22.7. The van der Waals surface area contributed by atoms with Crippen LogP contribution >= 0.6 is 22.9 Å². The van der Waals surface area contributed by atoms with Crippen LogP contribution in [0.4, 0.5) is 5.69 Å². The molecule has 1 aliphatic rings. The number of hydrogen-bond acceptors (Lipinski definition) is 5. The Balaban J connectivity index is 1.80. The fourth-order valence-electron chi connectivity index (χ4n) is 4.03. The number of carbonyl (C=O) groups excluding carboxylic acids is 2. The van der Waals surface area contributed by atoms with E-state index in [0.29, 0.717) is 40.7 Å². The van der Waals surface area contributed by atoms with E-state index in [9.17, 15) is 9.59 Å². The van der Waals surface area contributed by atoms with E-state index in [2.05, 4.69) is 5.32 Å². The SMILES string of the molecule is COCCN1C(=O)c2cc(Cl)ccc2C(C(=O)Nc2cccc(OC)c2)C1c1cccs1. The largest absolute Gasteiger partial charge is 0.497 e. The standard InChI is InChI=1S/C24H23ClN2O4S/c1-30-11-10-27-22(20-7-4-12-32-20)21(18-9-8-15(25)13-19(18)24(27)29)23(28)26-16-5-3-6-17(14-16)31-2/h3-9,12-14,21-22H,10-11H2,1-2H3,(H,26,28). The fourth-order valence-corrected chi connectivity index (χ4v) is 5.08. The summed E-state index contributed by atoms with van der Waals surface area (Å²) >= 11 is 7.73. The van der Waals surface area contributed by atoms with Crippen LogP contribution in [0.5, 0.6) is 5.75 Å². The lowest BCUT2D eigenvalue weighted by molar-refractivity contribution is -0.119. The van der Waals surface area contributed by atoms with Crippen molar-refractivity contribution >= 4 is 40.4 Å². The maximum absolute atomic E-state index is 13.7. The quantitative estimate of drug-likeness (QED) is 0.529. The first-order valence-corrected chi connectivity index (χ1v) is 11.4. The zero-order valence-electron chi connectivity index (χ0n) is 17.7. The third kappa shape index (κ3) is 4.37. The molecule has 2 amide bonds. The monoisotopic (exact) mass is 470 g/mol. The molecule has 32 heavy (non-hydrogen) atoms. The minimum Gasteiger partial charge on any atom is -0.497 e. The van der Waals surface area contributed by atoms with Gasteiger partial charge < -0.3 is 19.7 Å². The third-order valence-electron chi connectivity index (χ3n) is 5.48. The first-order chi connectivity index (χ1) is 15.5. The van der Waals surface area contributed by atoms with E-state index in [1.807, 2.05) is 29.6 Å². The number of hydrogen-bond donors (Lipinski definition) is 1. The highest BCUT2D eigenvalue weighted by atomic mass is 35.5. The van der Waals surface area contributed by atoms with E-state index < -0.39 is 12.0 Å². The molecule has 0 fully saturated rings. The molecule has 8 heteroatoms. The molecule has 6 nitrogen and oxygen atoms in total. The number of carbonyl (C=O) groups is 2. The van der Waals surface area contributed by atoms with Crippen LogP contribution in [0.2, 0.25) is 5.02 Å². The molecule has 0 aliphatic carbocycles. The molecule has 2 atom stereocenters. The lowest BCUT2D eigenvalue weighted by Gasteiger charge is -2.41. The molecule has 3 aromatic rings. The Labute approximate surface area is 195 Å². The van der Waals surface area contributed by atoms with Crippen LogP contribution in [0.1, 0.15) is 32.8 Å². The van der Waals surface area contributed by atoms with E-state index in [0.717, 1.165) is 4.88 Å². The summed E-state index contributed by atoms with van der Waals surface area (Å²) in [6.45, 7) is 0.709. The maximum Gasteiger partial charge on any atom is 0.254 e. The summed E-state index contributed by atoms with van der Waals surface area (Å²) in [5, 5.41) is 5.41. The summed E-state index contributed by atoms with van der Waals surface area (Å²) in [6, 6.07) is 15.7. The fraction of sp³-hybridized carbons (Fsp3) is 0.250. The van der Waals surface area contributed by atoms with Gasteiger partial charge in [-0.3, -0.25) is 9.59 Å². The normalized spacial score (nSPS) is 17.7. The highest BCUT2D eigenvalue weighted by Gasteiger charge is 2.44. The van der Waals surface area contributed by atoms with Gasteiger partial charge in [0.15, 0.2) is 0 Å². The molecule has 2 heterocycles. The van der Waals surface area contributed by atoms with Crippen molar-refractivity contribution in [2.75, 3.05) is 32.7 Å². The number of halogens is 1. The number of nitrogens with one attached hydrogen (secondary N) is 1. The molecular weight excluding hydrogens is 448 g/mol. The average Bonchev–Trinajstić information content (AvgIpc) is 3.33. The third-order valence-corrected chi connectivity index (χ3v) is 6.66. The molecule has 1 N–H and O–H groups in total. The lowest BCUT2D eigenvalue weighted by atomic mass is 9.81. The Morgan fingerprint density at radius 3 is 2.72 bits per heavy atom. The van der Waals surface area contributed by atoms with E-state index >= 15 is 0 Å². The zero-order valence-corrected chi connectivity index (χ0v) is 19.3. The smallest absolute Gasteiger partial charge is 0.254 e. The minimum atomic E-state index is -0.623. The van der Waals surface area contributed by atoms with Crippen molar-refractivity contribution < 1.29 is 19.1 Å². The number of benzene rings is 2. The van der Waals surface area contributed by atoms with Gasteiger partial charge in [-0.1, -0.05) is 29.8 Å². The molecule has 166 valence electrons. The summed E-state index contributed by atoms with van der Waals surface area (Å²) in [7, 11) is 3.17. The molecule has 2 unspecified atom stereocenters. The molecule has 0 bridgehead atoms. The van der Waals surface area contributed by atoms with Crippen molar-refractivity contribution in [1.29, 1.82) is 0 Å². The van der Waals surface area contributed by atoms with E-state index in [-0.39, 0.29) is 11.8 Å². The first kappa shape index (κ1) is 22.3. The van der Waals surface area contributed by atoms with Crippen molar-refractivity contribution in [3.05, 3.63) is 81.0 Å². The van der Waals surface area contributed by atoms with Gasteiger partial charge in [0.1, 0.15) is 5.75 Å². The number of nitrogens with zero attached hydrogens (tertiary/aromatic N) is 1. The van der Waals surface area contributed by atoms with Gasteiger partial charge in [-0.25, -0.2) is 0 Å². The van der Waals surface area contributed by atoms with E-state index in [1.54, 1.807) is 49.5 Å². The van der Waals surface area contributed by atoms with E-state index in [1.165, 1.54) is 11.3 Å². The minimum absolute atomic E-state index is 0.164. The van der Waals surface area contributed by atoms with Crippen molar-refractivity contribution in [2.45, 2.75) is 12.0 Å². The predicted octanol–water partition coefficient (Wildman–Crippen LogP) is 4.98. The van der Waals surface area contributed by atoms with Crippen molar-refractivity contribution in [3.63, 3.8) is 0 Å². The number of methoxy groups -OCH3 is 2. The average molecular weight is 471 g/mol. The van der Waals surface area contributed by atoms with Crippen LogP contribution in [0.3, 0.4) is 0 Å². The first-order valence-electron chi connectivity index (χ1n) is 10.1. The van der Waals surface area contributed by atoms with Gasteiger partial charge in [0.25, 0.3) is 5.91 Å². The number of thiophene rings is 1. The highest BCUT2D eigenvalue weighted by molar-refractivity contribution is 7.10. The summed E-state index contributed by atoms with van der Waals surface area (Å²) < 4.78 is 10.5. The number of ether oxygens (including phenoxy) is 2. The van der Waals surface area contributed by atoms with Crippen molar-refractivity contribution in [1.82, 2.24) is 4.90 Å². The molecular formula is C24H23ClN2O4S. The summed E-state index contributed by atoms with van der Waals surface area (Å²) in [6.07, 6.45) is 0. The summed E-state index contributed by atoms with van der Waals surface area (Å²) in [5.74, 6) is -0.356. The van der Waals surface area contributed by atoms with Gasteiger partial charge in [0.2, 0.25) is 5.91 Å². The van der Waals surface area contributed by atoms with Gasteiger partial charge >= 0.3 is 0 Å². The molecule has 0 saturated carbocycles. The van der Waals surface area contributed by atoms with Gasteiger partial charge in [-0.05, 0) is 41.3 Å². The van der Waals surface area contributed by atoms with Gasteiger partial charge in [-0.15, -0.1) is 11.3 Å². The van der Waals surface area contributed by atoms with Gasteiger partial charge in [0, 0.05) is 40.9 Å². The molecule has 1 aliphatic heterocycles. The number of anilines is 1. The van der Waals surface area contributed by atoms with Gasteiger partial charge in [0.05, 0.1) is 25.7 Å². The van der Waals surface area contributed by atoms with Crippen LogP contribution in [0, 0.1) is 0 Å². The second-order valence-electron chi connectivity index (χ2n) is 7.38. The molecule has 4 rings (SSSR count). The second-order valence-corrected chi connectivity index (χ2v) is 8.80. The van der Waals surface area contributed by atoms with Crippen LogP contribution in [-0.2, 0) is 9.53 Å². The Morgan fingerprint density at radius 1 is 1.16 bits per heavy atom. The topological polar surface area (TPSA) is 67.9 Å². The molecule has 2 aromatic carbocycles. The van der Waals surface area contributed by atoms with Crippen molar-refractivity contribution in [2.24, 2.45) is 0 Å². The highest BCUT2D eigenvalue weighted by Crippen LogP contribution is 2.45. The van der Waals surface area contributed by atoms with E-state index in [4.69, 9.17) is 21.1 Å². The Morgan fingerprint density at radius 2 is 2.00 bits per heavy atom. The van der Waals surface area contributed by atoms with Crippen LogP contribution in [0.15, 0.2) is 60.0 Å². The number of amides is 2. The van der Waals surface area contributed by atoms with Crippen molar-refractivity contribution in [3.8, 4) is 5.75 Å². The lowest BCUT2D eigenvalue weighted by Crippen LogP contribution is -2.47. The Hall–Kier alpha value is -2.87. The van der Waals surface area contributed by atoms with Gasteiger partial charge in [-0.2, -0.15) is 0 Å². The summed E-state index contributed by atoms with van der Waals surface area (Å²) in [5.41, 5.74) is 1.72. The Kier molecular flexibility index (Phi) is 6.79. The summed E-state index contributed by atoms with van der Waals surface area (Å²) in [4.78, 5) is 29.8. The second kappa shape index (κ2) is 9.73. The molecule has 0 spiro atoms. The van der Waals surface area contributed by atoms with Crippen LogP contribution in [-0.4, -0.2) is 44.1 Å².